The second-order valence-electron chi connectivity index (χ2n) is 3.52. The molecule has 0 bridgehead atoms. The Labute approximate surface area is 116 Å². The first-order valence-corrected chi connectivity index (χ1v) is 6.34. The summed E-state index contributed by atoms with van der Waals surface area (Å²) in [7, 11) is 0. The molecule has 1 aromatic carbocycles. The molecule has 5 heteroatoms. The molecule has 0 aliphatic carbocycles. The van der Waals surface area contributed by atoms with Gasteiger partial charge in [0.2, 0.25) is 0 Å². The Bertz CT molecular complexity index is 430. The van der Waals surface area contributed by atoms with Crippen molar-refractivity contribution in [1.82, 2.24) is 0 Å². The van der Waals surface area contributed by atoms with E-state index in [2.05, 4.69) is 0 Å². The fraction of sp³-hybridized carbons (Fsp3) is 0.308. The normalized spacial score (nSPS) is 10.6. The van der Waals surface area contributed by atoms with Crippen LogP contribution in [0.3, 0.4) is 0 Å². The SMILES string of the molecule is CCCCOC(=O)/C=C/Oc1ccc(Cl)cc1Cl. The van der Waals surface area contributed by atoms with E-state index in [1.54, 1.807) is 18.2 Å². The largest absolute Gasteiger partial charge is 0.463 e. The lowest BCUT2D eigenvalue weighted by molar-refractivity contribution is -0.137. The van der Waals surface area contributed by atoms with Crippen molar-refractivity contribution in [2.24, 2.45) is 0 Å². The van der Waals surface area contributed by atoms with Gasteiger partial charge in [-0.2, -0.15) is 0 Å². The molecule has 0 saturated carbocycles. The van der Waals surface area contributed by atoms with Crippen LogP contribution < -0.4 is 4.74 Å². The van der Waals surface area contributed by atoms with Crippen LogP contribution >= 0.6 is 23.2 Å². The fourth-order valence-electron chi connectivity index (χ4n) is 1.10. The van der Waals surface area contributed by atoms with Crippen LogP contribution in [0.15, 0.2) is 30.5 Å². The summed E-state index contributed by atoms with van der Waals surface area (Å²) < 4.78 is 10.1. The Balaban J connectivity index is 2.42. The molecule has 0 radical (unpaired) electrons. The van der Waals surface area contributed by atoms with Gasteiger partial charge in [-0.05, 0) is 24.6 Å². The van der Waals surface area contributed by atoms with Crippen molar-refractivity contribution in [3.8, 4) is 5.75 Å². The van der Waals surface area contributed by atoms with Gasteiger partial charge in [0.1, 0.15) is 5.75 Å². The van der Waals surface area contributed by atoms with E-state index in [1.165, 1.54) is 12.3 Å². The number of esters is 1. The van der Waals surface area contributed by atoms with E-state index in [0.29, 0.717) is 22.4 Å². The molecule has 1 aromatic rings. The van der Waals surface area contributed by atoms with Crippen LogP contribution in [0, 0.1) is 0 Å². The van der Waals surface area contributed by atoms with Crippen molar-refractivity contribution in [1.29, 1.82) is 0 Å². The van der Waals surface area contributed by atoms with Gasteiger partial charge >= 0.3 is 5.97 Å². The van der Waals surface area contributed by atoms with Gasteiger partial charge in [-0.25, -0.2) is 4.79 Å². The lowest BCUT2D eigenvalue weighted by Crippen LogP contribution is -2.02. The van der Waals surface area contributed by atoms with Crippen LogP contribution in [0.25, 0.3) is 0 Å². The third-order valence-electron chi connectivity index (χ3n) is 2.04. The molecule has 0 N–H and O–H groups in total. The molecule has 98 valence electrons. The zero-order valence-corrected chi connectivity index (χ0v) is 11.5. The van der Waals surface area contributed by atoms with Gasteiger partial charge in [0.15, 0.2) is 0 Å². The van der Waals surface area contributed by atoms with E-state index in [1.807, 2.05) is 6.92 Å². The maximum Gasteiger partial charge on any atom is 0.333 e. The molecule has 0 unspecified atom stereocenters. The van der Waals surface area contributed by atoms with E-state index < -0.39 is 5.97 Å². The summed E-state index contributed by atoms with van der Waals surface area (Å²) in [5, 5.41) is 0.904. The Kier molecular flexibility index (Phi) is 6.61. The van der Waals surface area contributed by atoms with Crippen LogP contribution in [-0.2, 0) is 9.53 Å². The van der Waals surface area contributed by atoms with Gasteiger partial charge in [-0.15, -0.1) is 0 Å². The van der Waals surface area contributed by atoms with Crippen LogP contribution in [0.5, 0.6) is 5.75 Å². The minimum Gasteiger partial charge on any atom is -0.463 e. The maximum absolute atomic E-state index is 11.2. The van der Waals surface area contributed by atoms with E-state index in [0.717, 1.165) is 12.8 Å². The molecule has 0 aliphatic heterocycles. The zero-order valence-electron chi connectivity index (χ0n) is 9.99. The predicted octanol–water partition coefficient (Wildman–Crippen LogP) is 4.23. The first kappa shape index (κ1) is 14.9. The van der Waals surface area contributed by atoms with Gasteiger partial charge in [-0.1, -0.05) is 36.5 Å². The highest BCUT2D eigenvalue weighted by Gasteiger charge is 2.01. The topological polar surface area (TPSA) is 35.5 Å². The quantitative estimate of drug-likeness (QED) is 0.340. The molecule has 0 heterocycles. The highest BCUT2D eigenvalue weighted by atomic mass is 35.5. The summed E-state index contributed by atoms with van der Waals surface area (Å²) >= 11 is 11.6. The first-order valence-electron chi connectivity index (χ1n) is 5.58. The third-order valence-corrected chi connectivity index (χ3v) is 2.57. The van der Waals surface area contributed by atoms with Crippen molar-refractivity contribution in [2.75, 3.05) is 6.61 Å². The number of unbranched alkanes of at least 4 members (excludes halogenated alkanes) is 1. The number of carbonyl (C=O) groups excluding carboxylic acids is 1. The zero-order chi connectivity index (χ0) is 13.4. The molecular formula is C13H14Cl2O3. The van der Waals surface area contributed by atoms with Crippen LogP contribution in [-0.4, -0.2) is 12.6 Å². The summed E-state index contributed by atoms with van der Waals surface area (Å²) in [5.74, 6) is -0.00721. The molecule has 0 aliphatic rings. The maximum atomic E-state index is 11.2. The monoisotopic (exact) mass is 288 g/mol. The van der Waals surface area contributed by atoms with Crippen LogP contribution in [0.4, 0.5) is 0 Å². The summed E-state index contributed by atoms with van der Waals surface area (Å²) in [6.45, 7) is 2.44. The van der Waals surface area contributed by atoms with Crippen molar-refractivity contribution in [3.63, 3.8) is 0 Å². The van der Waals surface area contributed by atoms with E-state index >= 15 is 0 Å². The first-order chi connectivity index (χ1) is 8.63. The van der Waals surface area contributed by atoms with Crippen molar-refractivity contribution >= 4 is 29.2 Å². The molecule has 0 atom stereocenters. The summed E-state index contributed by atoms with van der Waals surface area (Å²) in [6, 6.07) is 4.83. The van der Waals surface area contributed by atoms with Gasteiger partial charge in [0.05, 0.1) is 24.0 Å². The lowest BCUT2D eigenvalue weighted by Gasteiger charge is -2.03. The molecule has 0 spiro atoms. The molecule has 0 saturated heterocycles. The lowest BCUT2D eigenvalue weighted by atomic mass is 10.3. The molecular weight excluding hydrogens is 275 g/mol. The Morgan fingerprint density at radius 2 is 2.17 bits per heavy atom. The van der Waals surface area contributed by atoms with Crippen molar-refractivity contribution in [2.45, 2.75) is 19.8 Å². The molecule has 0 fully saturated rings. The number of benzene rings is 1. The van der Waals surface area contributed by atoms with Gasteiger partial charge in [-0.3, -0.25) is 0 Å². The van der Waals surface area contributed by atoms with E-state index in [4.69, 9.17) is 32.7 Å². The third kappa shape index (κ3) is 5.43. The number of carbonyl (C=O) groups is 1. The summed E-state index contributed by atoms with van der Waals surface area (Å²) in [4.78, 5) is 11.2. The molecule has 3 nitrogen and oxygen atoms in total. The van der Waals surface area contributed by atoms with E-state index in [-0.39, 0.29) is 0 Å². The van der Waals surface area contributed by atoms with Crippen LogP contribution in [0.2, 0.25) is 10.0 Å². The molecule has 0 aromatic heterocycles. The second kappa shape index (κ2) is 8.01. The number of halogens is 2. The summed E-state index contributed by atoms with van der Waals surface area (Å²) in [6.07, 6.45) is 4.28. The van der Waals surface area contributed by atoms with E-state index in [9.17, 15) is 4.79 Å². The molecule has 18 heavy (non-hydrogen) atoms. The highest BCUT2D eigenvalue weighted by molar-refractivity contribution is 6.35. The molecule has 1 rings (SSSR count). The minimum atomic E-state index is -0.437. The smallest absolute Gasteiger partial charge is 0.333 e. The Morgan fingerprint density at radius 3 is 2.83 bits per heavy atom. The van der Waals surface area contributed by atoms with Crippen molar-refractivity contribution < 1.29 is 14.3 Å². The predicted molar refractivity (Wildman–Crippen MR) is 72.1 cm³/mol. The number of rotatable bonds is 6. The van der Waals surface area contributed by atoms with Crippen molar-refractivity contribution in [3.05, 3.63) is 40.6 Å². The minimum absolute atomic E-state index is 0.381. The van der Waals surface area contributed by atoms with Gasteiger partial charge in [0, 0.05) is 5.02 Å². The number of hydrogen-bond donors (Lipinski definition) is 0. The van der Waals surface area contributed by atoms with Gasteiger partial charge in [0.25, 0.3) is 0 Å². The Hall–Kier alpha value is -1.19. The van der Waals surface area contributed by atoms with Crippen LogP contribution in [0.1, 0.15) is 19.8 Å². The standard InChI is InChI=1S/C13H14Cl2O3/c1-2-3-7-18-13(16)6-8-17-12-5-4-10(14)9-11(12)15/h4-6,8-9H,2-3,7H2,1H3/b8-6+. The number of ether oxygens (including phenoxy) is 2. The average molecular weight is 289 g/mol. The Morgan fingerprint density at radius 1 is 1.39 bits per heavy atom. The van der Waals surface area contributed by atoms with Gasteiger partial charge < -0.3 is 9.47 Å². The second-order valence-corrected chi connectivity index (χ2v) is 4.36. The molecule has 0 amide bonds. The average Bonchev–Trinajstić information content (AvgIpc) is 2.32. The summed E-state index contributed by atoms with van der Waals surface area (Å²) in [5.41, 5.74) is 0. The number of hydrogen-bond acceptors (Lipinski definition) is 3. The highest BCUT2D eigenvalue weighted by Crippen LogP contribution is 2.27. The fourth-order valence-corrected chi connectivity index (χ4v) is 1.55.